The maximum absolute atomic E-state index is 11.2. The molecule has 0 bridgehead atoms. The van der Waals surface area contributed by atoms with Crippen molar-refractivity contribution < 1.29 is 14.4 Å². The lowest BCUT2D eigenvalue weighted by molar-refractivity contribution is -0.808. The Bertz CT molecular complexity index is 598. The normalized spacial score (nSPS) is 18.8. The van der Waals surface area contributed by atoms with E-state index in [1.54, 1.807) is 12.4 Å². The topological polar surface area (TPSA) is 78.5 Å². The maximum Gasteiger partial charge on any atom is 0.209 e. The number of carbonyl (C=O) groups excluding carboxylic acids is 1. The van der Waals surface area contributed by atoms with Crippen molar-refractivity contribution in [1.82, 2.24) is 0 Å². The van der Waals surface area contributed by atoms with Crippen LogP contribution in [0.1, 0.15) is 129 Å². The number of rotatable bonds is 22. The van der Waals surface area contributed by atoms with Crippen molar-refractivity contribution in [3.05, 3.63) is 24.6 Å². The van der Waals surface area contributed by atoms with Crippen LogP contribution in [0.25, 0.3) is 0 Å². The Kier molecular flexibility index (Phi) is 16.9. The van der Waals surface area contributed by atoms with E-state index in [4.69, 9.17) is 5.73 Å². The Hall–Kier alpha value is -1.46. The molecule has 2 atom stereocenters. The Morgan fingerprint density at radius 3 is 1.88 bits per heavy atom. The second-order valence-corrected chi connectivity index (χ2v) is 9.79. The number of aliphatic imine (C=N–C) groups is 1. The molecule has 0 saturated heterocycles. The van der Waals surface area contributed by atoms with E-state index < -0.39 is 5.97 Å². The first kappa shape index (κ1) is 29.6. The van der Waals surface area contributed by atoms with Gasteiger partial charge in [-0.3, -0.25) is 5.73 Å². The molecule has 190 valence electrons. The molecule has 1 aliphatic rings. The number of carbonyl (C=O) groups is 1. The van der Waals surface area contributed by atoms with Gasteiger partial charge in [0.1, 0.15) is 18.9 Å². The summed E-state index contributed by atoms with van der Waals surface area (Å²) in [6, 6.07) is 0. The molecule has 0 saturated carbocycles. The van der Waals surface area contributed by atoms with Gasteiger partial charge in [0.2, 0.25) is 5.84 Å². The van der Waals surface area contributed by atoms with Gasteiger partial charge in [0.15, 0.2) is 0 Å². The first-order valence-electron chi connectivity index (χ1n) is 13.8. The van der Waals surface area contributed by atoms with Gasteiger partial charge in [-0.15, -0.1) is 0 Å². The van der Waals surface area contributed by atoms with Gasteiger partial charge < -0.3 is 9.90 Å². The second kappa shape index (κ2) is 18.9. The number of quaternary nitrogens is 1. The van der Waals surface area contributed by atoms with E-state index in [2.05, 4.69) is 24.1 Å². The van der Waals surface area contributed by atoms with E-state index in [9.17, 15) is 9.90 Å². The number of hydrogen-bond acceptors (Lipinski definition) is 4. The number of carboxylic acid groups (broad SMARTS) is 1. The van der Waals surface area contributed by atoms with Crippen molar-refractivity contribution in [2.24, 2.45) is 10.7 Å². The highest BCUT2D eigenvalue weighted by atomic mass is 16.4. The number of hydrogen-bond donors (Lipinski definition) is 1. The van der Waals surface area contributed by atoms with E-state index >= 15 is 0 Å². The fourth-order valence-corrected chi connectivity index (χ4v) is 4.64. The summed E-state index contributed by atoms with van der Waals surface area (Å²) in [6.45, 7) is 3.97. The molecule has 2 N–H and O–H groups in total. The summed E-state index contributed by atoms with van der Waals surface area (Å²) in [5.41, 5.74) is 6.09. The number of nitrogens with two attached hydrogens (primary N) is 1. The van der Waals surface area contributed by atoms with Gasteiger partial charge in [0.25, 0.3) is 0 Å². The monoisotopic (exact) mass is 461 g/mol. The zero-order valence-electron chi connectivity index (χ0n) is 21.6. The summed E-state index contributed by atoms with van der Waals surface area (Å²) in [5.74, 6) is -0.231. The molecule has 0 radical (unpaired) electrons. The van der Waals surface area contributed by atoms with E-state index in [0.29, 0.717) is 0 Å². The van der Waals surface area contributed by atoms with Crippen molar-refractivity contribution in [3.8, 4) is 0 Å². The van der Waals surface area contributed by atoms with Gasteiger partial charge in [0, 0.05) is 13.3 Å². The van der Waals surface area contributed by atoms with Crippen LogP contribution in [-0.2, 0) is 4.79 Å². The number of amidine groups is 1. The molecule has 0 aromatic rings. The smallest absolute Gasteiger partial charge is 0.209 e. The van der Waals surface area contributed by atoms with E-state index in [0.717, 1.165) is 25.1 Å². The minimum absolute atomic E-state index is 0.108. The van der Waals surface area contributed by atoms with Gasteiger partial charge in [-0.1, -0.05) is 96.1 Å². The minimum atomic E-state index is -1.09. The summed E-state index contributed by atoms with van der Waals surface area (Å²) < 4.78 is 0.108. The summed E-state index contributed by atoms with van der Waals surface area (Å²) in [4.78, 5) is 15.6. The van der Waals surface area contributed by atoms with E-state index in [-0.39, 0.29) is 17.2 Å². The maximum atomic E-state index is 11.2. The molecule has 5 heteroatoms. The molecule has 1 rings (SSSR count). The number of unbranched alkanes of at least 4 members (excludes halogenated alkanes) is 15. The molecule has 5 nitrogen and oxygen atoms in total. The summed E-state index contributed by atoms with van der Waals surface area (Å²) >= 11 is 0. The predicted octanol–water partition coefficient (Wildman–Crippen LogP) is 6.34. The molecule has 1 heterocycles. The average molecular weight is 462 g/mol. The lowest BCUT2D eigenvalue weighted by Crippen LogP contribution is -2.60. The summed E-state index contributed by atoms with van der Waals surface area (Å²) in [5, 5.41) is 11.2. The van der Waals surface area contributed by atoms with Crippen molar-refractivity contribution in [1.29, 1.82) is 0 Å². The molecule has 0 aromatic heterocycles. The molecule has 2 unspecified atom stereocenters. The van der Waals surface area contributed by atoms with Crippen LogP contribution >= 0.6 is 0 Å². The highest BCUT2D eigenvalue weighted by molar-refractivity contribution is 5.81. The molecule has 0 amide bonds. The number of aliphatic carboxylic acids is 1. The number of nitrogens with zero attached hydrogens (tertiary/aromatic N) is 2. The van der Waals surface area contributed by atoms with Crippen LogP contribution in [0, 0.1) is 0 Å². The highest BCUT2D eigenvalue weighted by Gasteiger charge is 2.38. The van der Waals surface area contributed by atoms with Crippen LogP contribution in [0.2, 0.25) is 0 Å². The molecule has 0 aromatic carbocycles. The predicted molar refractivity (Wildman–Crippen MR) is 138 cm³/mol. The van der Waals surface area contributed by atoms with Crippen LogP contribution in [0.5, 0.6) is 0 Å². The summed E-state index contributed by atoms with van der Waals surface area (Å²) in [7, 11) is 0. The van der Waals surface area contributed by atoms with Crippen LogP contribution in [-0.4, -0.2) is 29.0 Å². The number of carboxylic acids is 1. The minimum Gasteiger partial charge on any atom is -0.544 e. The van der Waals surface area contributed by atoms with Gasteiger partial charge >= 0.3 is 0 Å². The molecule has 33 heavy (non-hydrogen) atoms. The molecule has 0 aliphatic carbocycles. The zero-order valence-corrected chi connectivity index (χ0v) is 21.6. The first-order chi connectivity index (χ1) is 16.0. The molecular formula is C28H51N3O2. The number of allylic oxidation sites excluding steroid dienone is 2. The van der Waals surface area contributed by atoms with Gasteiger partial charge in [0.05, 0.1) is 12.2 Å². The summed E-state index contributed by atoms with van der Waals surface area (Å²) in [6.07, 6.45) is 30.9. The van der Waals surface area contributed by atoms with Crippen molar-refractivity contribution in [2.75, 3.05) is 6.54 Å². The molecular weight excluding hydrogens is 410 g/mol. The SMILES string of the molecule is CCCCCCCC/C=C/CCCCCCCCCCCC1=NC=C[N+]1(CC(=O)[O-])C(C)N. The Morgan fingerprint density at radius 1 is 0.909 bits per heavy atom. The first-order valence-corrected chi connectivity index (χ1v) is 13.8. The lowest BCUT2D eigenvalue weighted by Gasteiger charge is -2.36. The van der Waals surface area contributed by atoms with Gasteiger partial charge in [-0.25, -0.2) is 9.48 Å². The fraction of sp³-hybridized carbons (Fsp3) is 0.786. The Balaban J connectivity index is 1.93. The molecule has 0 fully saturated rings. The Morgan fingerprint density at radius 2 is 1.39 bits per heavy atom. The second-order valence-electron chi connectivity index (χ2n) is 9.79. The van der Waals surface area contributed by atoms with Gasteiger partial charge in [-0.2, -0.15) is 0 Å². The van der Waals surface area contributed by atoms with Crippen LogP contribution in [0.4, 0.5) is 0 Å². The van der Waals surface area contributed by atoms with Crippen LogP contribution in [0.15, 0.2) is 29.5 Å². The molecule has 0 spiro atoms. The van der Waals surface area contributed by atoms with Crippen molar-refractivity contribution in [3.63, 3.8) is 0 Å². The average Bonchev–Trinajstić information content (AvgIpc) is 3.18. The van der Waals surface area contributed by atoms with Crippen molar-refractivity contribution >= 4 is 11.8 Å². The lowest BCUT2D eigenvalue weighted by atomic mass is 10.0. The highest BCUT2D eigenvalue weighted by Crippen LogP contribution is 2.23. The van der Waals surface area contributed by atoms with Crippen LogP contribution in [0.3, 0.4) is 0 Å². The van der Waals surface area contributed by atoms with E-state index in [1.165, 1.54) is 96.3 Å². The fourth-order valence-electron chi connectivity index (χ4n) is 4.64. The third-order valence-electron chi connectivity index (χ3n) is 6.82. The van der Waals surface area contributed by atoms with Crippen LogP contribution < -0.4 is 10.8 Å². The van der Waals surface area contributed by atoms with Crippen molar-refractivity contribution in [2.45, 2.75) is 136 Å². The largest absolute Gasteiger partial charge is 0.544 e. The standard InChI is InChI=1S/C28H51N3O2/c1-3-4-5-6-7-8-9-10-11-12-13-14-15-16-17-18-19-20-21-22-27-30-23-24-31(27,26(2)29)25-28(32)33/h10-11,23-24,26H,3-9,12-22,25,29H2,1-2H3/b11-10+. The third kappa shape index (κ3) is 13.1. The van der Waals surface area contributed by atoms with Gasteiger partial charge in [-0.05, 0) is 32.1 Å². The quantitative estimate of drug-likeness (QED) is 0.116. The zero-order chi connectivity index (χ0) is 24.2. The van der Waals surface area contributed by atoms with E-state index in [1.807, 2.05) is 6.92 Å². The molecule has 1 aliphatic heterocycles. The Labute approximate surface area is 203 Å². The third-order valence-corrected chi connectivity index (χ3v) is 6.82.